The normalized spacial score (nSPS) is 12.0. The van der Waals surface area contributed by atoms with Crippen molar-refractivity contribution in [2.24, 2.45) is 0 Å². The van der Waals surface area contributed by atoms with E-state index in [4.69, 9.17) is 5.73 Å². The molecule has 0 atom stereocenters. The van der Waals surface area contributed by atoms with Gasteiger partial charge in [0, 0.05) is 11.1 Å². The van der Waals surface area contributed by atoms with Crippen LogP contribution < -0.4 is 5.73 Å². The first-order chi connectivity index (χ1) is 15.3. The number of aryl methyl sites for hydroxylation is 1. The molecule has 5 aromatic carbocycles. The predicted octanol–water partition coefficient (Wildman–Crippen LogP) is 9.00. The van der Waals surface area contributed by atoms with Crippen LogP contribution >= 0.6 is 0 Å². The molecule has 5 aromatic rings. The molecule has 1 nitrogen and oxygen atoms in total. The summed E-state index contributed by atoms with van der Waals surface area (Å²) >= 11 is 0. The summed E-state index contributed by atoms with van der Waals surface area (Å²) in [6.45, 7) is 2.29. The van der Waals surface area contributed by atoms with Crippen molar-refractivity contribution in [3.63, 3.8) is 0 Å². The highest BCUT2D eigenvalue weighted by atomic mass is 14.5. The van der Waals surface area contributed by atoms with Crippen molar-refractivity contribution in [1.82, 2.24) is 0 Å². The van der Waals surface area contributed by atoms with Gasteiger partial charge in [0.25, 0.3) is 0 Å². The third-order valence-electron chi connectivity index (χ3n) is 7.07. The van der Waals surface area contributed by atoms with Gasteiger partial charge < -0.3 is 5.73 Å². The van der Waals surface area contributed by atoms with Crippen molar-refractivity contribution in [2.75, 3.05) is 5.73 Å². The molecule has 0 heterocycles. The zero-order chi connectivity index (χ0) is 21.2. The van der Waals surface area contributed by atoms with Crippen molar-refractivity contribution in [2.45, 2.75) is 64.7 Å². The van der Waals surface area contributed by atoms with Crippen LogP contribution in [0.5, 0.6) is 0 Å². The Morgan fingerprint density at radius 1 is 0.548 bits per heavy atom. The SMILES string of the molecule is CCCCCCCCCCc1ccc2c(N)ccc3c4cccc5cccc(c1c23)c54. The van der Waals surface area contributed by atoms with E-state index in [9.17, 15) is 0 Å². The lowest BCUT2D eigenvalue weighted by atomic mass is 9.86. The average Bonchev–Trinajstić information content (AvgIpc) is 2.80. The lowest BCUT2D eigenvalue weighted by Gasteiger charge is -2.18. The fourth-order valence-electron chi connectivity index (χ4n) is 5.48. The minimum Gasteiger partial charge on any atom is -0.398 e. The van der Waals surface area contributed by atoms with Gasteiger partial charge in [-0.3, -0.25) is 0 Å². The quantitative estimate of drug-likeness (QED) is 0.112. The van der Waals surface area contributed by atoms with E-state index in [0.29, 0.717) is 0 Å². The molecule has 0 radical (unpaired) electrons. The first-order valence-electron chi connectivity index (χ1n) is 12.2. The van der Waals surface area contributed by atoms with E-state index in [1.165, 1.54) is 100 Å². The lowest BCUT2D eigenvalue weighted by Crippen LogP contribution is -1.95. The molecule has 0 aromatic heterocycles. The van der Waals surface area contributed by atoms with E-state index < -0.39 is 0 Å². The van der Waals surface area contributed by atoms with Gasteiger partial charge in [0.05, 0.1) is 0 Å². The summed E-state index contributed by atoms with van der Waals surface area (Å²) in [6.07, 6.45) is 12.0. The third-order valence-corrected chi connectivity index (χ3v) is 7.07. The van der Waals surface area contributed by atoms with Crippen LogP contribution in [-0.4, -0.2) is 0 Å². The number of anilines is 1. The van der Waals surface area contributed by atoms with Crippen LogP contribution in [0, 0.1) is 0 Å². The number of nitrogens with two attached hydrogens (primary N) is 1. The molecule has 0 spiro atoms. The van der Waals surface area contributed by atoms with E-state index in [1.807, 2.05) is 0 Å². The van der Waals surface area contributed by atoms with Gasteiger partial charge in [0.2, 0.25) is 0 Å². The largest absolute Gasteiger partial charge is 0.398 e. The molecular formula is C30H33N. The maximum Gasteiger partial charge on any atom is 0.0394 e. The van der Waals surface area contributed by atoms with Gasteiger partial charge >= 0.3 is 0 Å². The highest BCUT2D eigenvalue weighted by Crippen LogP contribution is 2.43. The molecule has 0 fully saturated rings. The summed E-state index contributed by atoms with van der Waals surface area (Å²) in [6, 6.07) is 22.3. The van der Waals surface area contributed by atoms with Gasteiger partial charge in [-0.2, -0.15) is 0 Å². The van der Waals surface area contributed by atoms with Gasteiger partial charge in [-0.05, 0) is 62.2 Å². The summed E-state index contributed by atoms with van der Waals surface area (Å²) in [5.74, 6) is 0. The lowest BCUT2D eigenvalue weighted by molar-refractivity contribution is 0.576. The first-order valence-corrected chi connectivity index (χ1v) is 12.2. The molecule has 0 unspecified atom stereocenters. The molecule has 0 saturated carbocycles. The molecule has 158 valence electrons. The number of unbranched alkanes of at least 4 members (excludes halogenated alkanes) is 7. The minimum atomic E-state index is 0.880. The van der Waals surface area contributed by atoms with Gasteiger partial charge in [0.15, 0.2) is 0 Å². The van der Waals surface area contributed by atoms with Crippen molar-refractivity contribution >= 4 is 48.8 Å². The molecule has 0 bridgehead atoms. The molecule has 0 aliphatic heterocycles. The van der Waals surface area contributed by atoms with E-state index in [2.05, 4.69) is 67.6 Å². The van der Waals surface area contributed by atoms with E-state index in [1.54, 1.807) is 0 Å². The number of rotatable bonds is 9. The van der Waals surface area contributed by atoms with Gasteiger partial charge in [0.1, 0.15) is 0 Å². The number of hydrogen-bond donors (Lipinski definition) is 1. The highest BCUT2D eigenvalue weighted by molar-refractivity contribution is 6.34. The van der Waals surface area contributed by atoms with Crippen LogP contribution in [0.2, 0.25) is 0 Å². The zero-order valence-electron chi connectivity index (χ0n) is 18.7. The average molecular weight is 408 g/mol. The predicted molar refractivity (Wildman–Crippen MR) is 138 cm³/mol. The Kier molecular flexibility index (Phi) is 5.68. The molecule has 31 heavy (non-hydrogen) atoms. The molecule has 1 heteroatoms. The van der Waals surface area contributed by atoms with Crippen molar-refractivity contribution in [3.8, 4) is 0 Å². The fourth-order valence-corrected chi connectivity index (χ4v) is 5.48. The van der Waals surface area contributed by atoms with Crippen molar-refractivity contribution in [3.05, 3.63) is 66.2 Å². The Morgan fingerprint density at radius 2 is 1.19 bits per heavy atom. The van der Waals surface area contributed by atoms with Crippen LogP contribution in [0.4, 0.5) is 5.69 Å². The monoisotopic (exact) mass is 407 g/mol. The molecule has 5 rings (SSSR count). The molecule has 0 aliphatic carbocycles. The van der Waals surface area contributed by atoms with Crippen LogP contribution in [0.1, 0.15) is 63.9 Å². The Hall–Kier alpha value is -2.80. The molecule has 0 amide bonds. The summed E-state index contributed by atoms with van der Waals surface area (Å²) in [5, 5.41) is 10.7. The fraction of sp³-hybridized carbons (Fsp3) is 0.333. The van der Waals surface area contributed by atoms with Crippen molar-refractivity contribution in [1.29, 1.82) is 0 Å². The third kappa shape index (κ3) is 3.61. The Bertz CT molecular complexity index is 1330. The Morgan fingerprint density at radius 3 is 1.97 bits per heavy atom. The second kappa shape index (κ2) is 8.75. The topological polar surface area (TPSA) is 26.0 Å². The standard InChI is InChI=1S/C30H33N/c1-2-3-4-5-6-7-8-9-12-22-17-18-25-27(31)20-19-24-23-15-10-13-21-14-11-16-26(28(21)23)29(22)30(24)25/h10-11,13-20H,2-9,12,31H2,1H3. The summed E-state index contributed by atoms with van der Waals surface area (Å²) < 4.78 is 0. The summed E-state index contributed by atoms with van der Waals surface area (Å²) in [4.78, 5) is 0. The maximum atomic E-state index is 6.43. The van der Waals surface area contributed by atoms with E-state index in [0.717, 1.165) is 12.1 Å². The maximum absolute atomic E-state index is 6.43. The molecule has 0 saturated heterocycles. The number of nitrogen functional groups attached to an aromatic ring is 1. The minimum absolute atomic E-state index is 0.880. The van der Waals surface area contributed by atoms with E-state index in [-0.39, 0.29) is 0 Å². The van der Waals surface area contributed by atoms with Gasteiger partial charge in [-0.15, -0.1) is 0 Å². The smallest absolute Gasteiger partial charge is 0.0394 e. The highest BCUT2D eigenvalue weighted by Gasteiger charge is 2.16. The van der Waals surface area contributed by atoms with Crippen LogP contribution in [0.25, 0.3) is 43.1 Å². The second-order valence-electron chi connectivity index (χ2n) is 9.16. The summed E-state index contributed by atoms with van der Waals surface area (Å²) in [7, 11) is 0. The second-order valence-corrected chi connectivity index (χ2v) is 9.16. The van der Waals surface area contributed by atoms with Crippen LogP contribution in [0.3, 0.4) is 0 Å². The number of benzene rings is 5. The van der Waals surface area contributed by atoms with E-state index >= 15 is 0 Å². The number of fused-ring (bicyclic) bond motifs is 2. The number of hydrogen-bond acceptors (Lipinski definition) is 1. The summed E-state index contributed by atoms with van der Waals surface area (Å²) in [5.41, 5.74) is 8.79. The first kappa shape index (κ1) is 20.1. The molecule has 0 aliphatic rings. The van der Waals surface area contributed by atoms with Crippen LogP contribution in [0.15, 0.2) is 60.7 Å². The zero-order valence-corrected chi connectivity index (χ0v) is 18.7. The van der Waals surface area contributed by atoms with Gasteiger partial charge in [-0.25, -0.2) is 0 Å². The molecular weight excluding hydrogens is 374 g/mol. The van der Waals surface area contributed by atoms with Crippen LogP contribution in [-0.2, 0) is 6.42 Å². The van der Waals surface area contributed by atoms with Crippen molar-refractivity contribution < 1.29 is 0 Å². The Labute approximate surface area is 185 Å². The Balaban J connectivity index is 1.55. The van der Waals surface area contributed by atoms with Gasteiger partial charge in [-0.1, -0.05) is 106 Å². The molecule has 2 N–H and O–H groups in total.